The van der Waals surface area contributed by atoms with Gasteiger partial charge in [0.05, 0.1) is 24.2 Å². The smallest absolute Gasteiger partial charge is 0.309 e. The molecule has 0 atom stereocenters. The molecular weight excluding hydrogens is 450 g/mol. The lowest BCUT2D eigenvalue weighted by atomic mass is 9.74. The number of rotatable bonds is 9. The highest BCUT2D eigenvalue weighted by molar-refractivity contribution is 5.83. The second kappa shape index (κ2) is 11.0. The lowest BCUT2D eigenvalue weighted by Crippen LogP contribution is -2.44. The maximum Gasteiger partial charge on any atom is 0.309 e. The number of aliphatic carboxylic acids is 1. The van der Waals surface area contributed by atoms with Gasteiger partial charge in [0, 0.05) is 17.5 Å². The number of methoxy groups -OCH3 is 1. The third kappa shape index (κ3) is 5.68. The number of benzene rings is 2. The fourth-order valence-electron chi connectivity index (χ4n) is 4.86. The summed E-state index contributed by atoms with van der Waals surface area (Å²) in [6, 6.07) is 12.0. The maximum atomic E-state index is 14.6. The van der Waals surface area contributed by atoms with Crippen LogP contribution in [0.4, 0.5) is 8.78 Å². The number of likely N-dealkylation sites (tertiary alicyclic amines) is 1. The van der Waals surface area contributed by atoms with Crippen LogP contribution in [0.25, 0.3) is 17.0 Å². The number of ether oxygens (including phenoxy) is 1. The third-order valence-electron chi connectivity index (χ3n) is 7.05. The molecule has 0 spiro atoms. The highest BCUT2D eigenvalue weighted by atomic mass is 19.1. The molecule has 0 unspecified atom stereocenters. The first-order chi connectivity index (χ1) is 16.9. The van der Waals surface area contributed by atoms with Gasteiger partial charge in [-0.25, -0.2) is 8.78 Å². The predicted octanol–water partition coefficient (Wildman–Crippen LogP) is 5.72. The Labute approximate surface area is 204 Å². The second-order valence-electron chi connectivity index (χ2n) is 9.13. The Morgan fingerprint density at radius 1 is 1.17 bits per heavy atom. The number of pyridine rings is 1. The van der Waals surface area contributed by atoms with Crippen LogP contribution in [0.5, 0.6) is 5.75 Å². The summed E-state index contributed by atoms with van der Waals surface area (Å²) in [5.74, 6) is -0.805. The fourth-order valence-corrected chi connectivity index (χ4v) is 4.86. The molecule has 4 rings (SSSR count). The van der Waals surface area contributed by atoms with Crippen molar-refractivity contribution in [3.8, 4) is 5.75 Å². The van der Waals surface area contributed by atoms with Crippen molar-refractivity contribution in [2.45, 2.75) is 32.1 Å². The minimum Gasteiger partial charge on any atom is -0.497 e. The Balaban J connectivity index is 1.37. The monoisotopic (exact) mass is 480 g/mol. The molecule has 5 nitrogen and oxygen atoms in total. The van der Waals surface area contributed by atoms with Crippen molar-refractivity contribution in [2.75, 3.05) is 26.7 Å². The van der Waals surface area contributed by atoms with Crippen LogP contribution in [0.2, 0.25) is 0 Å². The van der Waals surface area contributed by atoms with Gasteiger partial charge in [-0.15, -0.1) is 0 Å². The van der Waals surface area contributed by atoms with Crippen LogP contribution < -0.4 is 4.74 Å². The van der Waals surface area contributed by atoms with Crippen molar-refractivity contribution >= 4 is 22.9 Å². The van der Waals surface area contributed by atoms with Crippen LogP contribution in [0.1, 0.15) is 36.8 Å². The highest BCUT2D eigenvalue weighted by Crippen LogP contribution is 2.37. The molecule has 1 aromatic heterocycles. The molecule has 0 amide bonds. The summed E-state index contributed by atoms with van der Waals surface area (Å²) in [5, 5.41) is 10.7. The number of fused-ring (bicyclic) bond motifs is 1. The molecule has 1 N–H and O–H groups in total. The molecule has 0 bridgehead atoms. The van der Waals surface area contributed by atoms with E-state index in [2.05, 4.69) is 9.88 Å². The maximum absolute atomic E-state index is 14.6. The summed E-state index contributed by atoms with van der Waals surface area (Å²) in [7, 11) is 1.56. The predicted molar refractivity (Wildman–Crippen MR) is 132 cm³/mol. The second-order valence-corrected chi connectivity index (χ2v) is 9.13. The Morgan fingerprint density at radius 3 is 2.66 bits per heavy atom. The number of halogens is 2. The number of aromatic nitrogens is 1. The van der Waals surface area contributed by atoms with Crippen LogP contribution >= 0.6 is 0 Å². The quantitative estimate of drug-likeness (QED) is 0.424. The topological polar surface area (TPSA) is 62.7 Å². The van der Waals surface area contributed by atoms with E-state index in [1.807, 2.05) is 6.08 Å². The number of nitrogens with zero attached hydrogens (tertiary/aromatic N) is 2. The van der Waals surface area contributed by atoms with E-state index in [4.69, 9.17) is 4.74 Å². The lowest BCUT2D eigenvalue weighted by molar-refractivity contribution is -0.152. The molecule has 7 heteroatoms. The van der Waals surface area contributed by atoms with E-state index in [0.717, 1.165) is 0 Å². The van der Waals surface area contributed by atoms with Crippen LogP contribution in [-0.2, 0) is 11.2 Å². The molecule has 2 aromatic carbocycles. The van der Waals surface area contributed by atoms with Gasteiger partial charge in [0.2, 0.25) is 0 Å². The van der Waals surface area contributed by atoms with Crippen LogP contribution in [0.15, 0.2) is 54.7 Å². The minimum atomic E-state index is -0.817. The average molecular weight is 481 g/mol. The molecule has 3 aromatic rings. The zero-order valence-electron chi connectivity index (χ0n) is 19.8. The summed E-state index contributed by atoms with van der Waals surface area (Å²) in [4.78, 5) is 18.6. The first kappa shape index (κ1) is 24.8. The minimum absolute atomic E-state index is 0.260. The lowest BCUT2D eigenvalue weighted by Gasteiger charge is -2.38. The van der Waals surface area contributed by atoms with Crippen molar-refractivity contribution < 1.29 is 23.4 Å². The van der Waals surface area contributed by atoms with Crippen molar-refractivity contribution in [3.63, 3.8) is 0 Å². The molecule has 0 radical (unpaired) electrons. The SMILES string of the molecule is COc1ccc2ncc(F)c(CCCC3(C(=O)O)CCN(CC=Cc4ccccc4F)CC3)c2c1. The fraction of sp³-hybridized carbons (Fsp3) is 0.357. The number of carboxylic acids is 1. The normalized spacial score (nSPS) is 16.1. The number of carbonyl (C=O) groups is 1. The molecule has 0 saturated carbocycles. The molecular formula is C28H30F2N2O3. The molecule has 184 valence electrons. The van der Waals surface area contributed by atoms with Gasteiger partial charge >= 0.3 is 5.97 Å². The van der Waals surface area contributed by atoms with Gasteiger partial charge in [-0.1, -0.05) is 30.4 Å². The Hall–Kier alpha value is -3.32. The van der Waals surface area contributed by atoms with E-state index in [9.17, 15) is 18.7 Å². The van der Waals surface area contributed by atoms with Gasteiger partial charge in [-0.2, -0.15) is 0 Å². The van der Waals surface area contributed by atoms with E-state index in [1.54, 1.807) is 49.6 Å². The Bertz CT molecular complexity index is 1220. The molecule has 35 heavy (non-hydrogen) atoms. The first-order valence-electron chi connectivity index (χ1n) is 11.9. The van der Waals surface area contributed by atoms with Crippen molar-refractivity contribution in [1.29, 1.82) is 0 Å². The molecule has 1 saturated heterocycles. The summed E-state index contributed by atoms with van der Waals surface area (Å²) in [5.41, 5.74) is 0.956. The van der Waals surface area contributed by atoms with Crippen LogP contribution in [-0.4, -0.2) is 47.7 Å². The van der Waals surface area contributed by atoms with Crippen molar-refractivity contribution in [3.05, 3.63) is 77.5 Å². The molecule has 1 aliphatic rings. The molecule has 1 fully saturated rings. The summed E-state index contributed by atoms with van der Waals surface area (Å²) >= 11 is 0. The first-order valence-corrected chi connectivity index (χ1v) is 11.9. The van der Waals surface area contributed by atoms with Gasteiger partial charge in [-0.3, -0.25) is 14.7 Å². The zero-order chi connectivity index (χ0) is 24.8. The Kier molecular flexibility index (Phi) is 7.76. The van der Waals surface area contributed by atoms with Gasteiger partial charge in [-0.05, 0) is 75.0 Å². The van der Waals surface area contributed by atoms with E-state index in [0.29, 0.717) is 79.5 Å². The number of piperidine rings is 1. The molecule has 0 aliphatic carbocycles. The number of hydrogen-bond acceptors (Lipinski definition) is 4. The van der Waals surface area contributed by atoms with E-state index >= 15 is 0 Å². The van der Waals surface area contributed by atoms with E-state index in [1.165, 1.54) is 12.3 Å². The van der Waals surface area contributed by atoms with Gasteiger partial charge in [0.25, 0.3) is 0 Å². The van der Waals surface area contributed by atoms with E-state index in [-0.39, 0.29) is 11.6 Å². The standard InChI is InChI=1S/C28H30F2N2O3/c1-35-21-10-11-26-23(18-21)22(25(30)19-31-26)8-4-12-28(27(33)34)13-16-32(17-14-28)15-5-7-20-6-2-3-9-24(20)29/h2-3,5-7,9-11,18-19H,4,8,12-17H2,1H3,(H,33,34). The third-order valence-corrected chi connectivity index (χ3v) is 7.05. The Morgan fingerprint density at radius 2 is 1.94 bits per heavy atom. The zero-order valence-corrected chi connectivity index (χ0v) is 19.8. The highest BCUT2D eigenvalue weighted by Gasteiger charge is 2.40. The van der Waals surface area contributed by atoms with Crippen LogP contribution in [0, 0.1) is 17.0 Å². The van der Waals surface area contributed by atoms with E-state index < -0.39 is 11.4 Å². The summed E-state index contributed by atoms with van der Waals surface area (Å²) in [6.07, 6.45) is 7.44. The summed E-state index contributed by atoms with van der Waals surface area (Å²) < 4.78 is 33.7. The van der Waals surface area contributed by atoms with Gasteiger partial charge < -0.3 is 9.84 Å². The molecule has 1 aliphatic heterocycles. The average Bonchev–Trinajstić information content (AvgIpc) is 2.87. The number of carboxylic acid groups (broad SMARTS) is 1. The van der Waals surface area contributed by atoms with Crippen molar-refractivity contribution in [2.24, 2.45) is 5.41 Å². The van der Waals surface area contributed by atoms with Gasteiger partial charge in [0.1, 0.15) is 17.4 Å². The largest absolute Gasteiger partial charge is 0.497 e. The number of hydrogen-bond donors (Lipinski definition) is 1. The summed E-state index contributed by atoms with van der Waals surface area (Å²) in [6.45, 7) is 1.94. The number of aryl methyl sites for hydroxylation is 1. The van der Waals surface area contributed by atoms with Crippen molar-refractivity contribution in [1.82, 2.24) is 9.88 Å². The molecule has 2 heterocycles. The van der Waals surface area contributed by atoms with Crippen LogP contribution in [0.3, 0.4) is 0 Å². The van der Waals surface area contributed by atoms with Gasteiger partial charge in [0.15, 0.2) is 0 Å².